The summed E-state index contributed by atoms with van der Waals surface area (Å²) in [6.45, 7) is 1.44. The van der Waals surface area contributed by atoms with Gasteiger partial charge in [0.2, 0.25) is 0 Å². The molecule has 2 aromatic rings. The Kier molecular flexibility index (Phi) is 4.95. The van der Waals surface area contributed by atoms with Crippen molar-refractivity contribution in [2.75, 3.05) is 19.0 Å². The summed E-state index contributed by atoms with van der Waals surface area (Å²) < 4.78 is 11.0. The molecule has 1 aliphatic rings. The van der Waals surface area contributed by atoms with Crippen molar-refractivity contribution in [3.05, 3.63) is 47.1 Å². The molecule has 0 aliphatic carbocycles. The first-order valence-electron chi connectivity index (χ1n) is 6.75. The van der Waals surface area contributed by atoms with Crippen molar-refractivity contribution in [3.63, 3.8) is 0 Å². The van der Waals surface area contributed by atoms with Gasteiger partial charge in [0.25, 0.3) is 0 Å². The number of ether oxygens (including phenoxy) is 2. The summed E-state index contributed by atoms with van der Waals surface area (Å²) in [7, 11) is 0. The molecule has 0 radical (unpaired) electrons. The number of benzene rings is 1. The molecule has 21 heavy (non-hydrogen) atoms. The molecular formula is C15H15ClN2O2S. The van der Waals surface area contributed by atoms with Crippen LogP contribution in [0.5, 0.6) is 5.75 Å². The molecular weight excluding hydrogens is 308 g/mol. The summed E-state index contributed by atoms with van der Waals surface area (Å²) in [6, 6.07) is 11.8. The summed E-state index contributed by atoms with van der Waals surface area (Å²) in [6.07, 6.45) is 1.19. The third kappa shape index (κ3) is 4.59. The number of epoxide rings is 1. The predicted octanol–water partition coefficient (Wildman–Crippen LogP) is 3.24. The number of rotatable bonds is 7. The number of hydrogen-bond acceptors (Lipinski definition) is 5. The maximum absolute atomic E-state index is 5.80. The van der Waals surface area contributed by atoms with Crippen molar-refractivity contribution < 1.29 is 9.47 Å². The minimum absolute atomic E-state index is 0.275. The first kappa shape index (κ1) is 14.6. The van der Waals surface area contributed by atoms with Gasteiger partial charge < -0.3 is 9.47 Å². The van der Waals surface area contributed by atoms with E-state index in [1.165, 1.54) is 5.56 Å². The van der Waals surface area contributed by atoms with Gasteiger partial charge in [-0.3, -0.25) is 0 Å². The Bertz CT molecular complexity index is 590. The van der Waals surface area contributed by atoms with Gasteiger partial charge in [0.05, 0.1) is 6.61 Å². The lowest BCUT2D eigenvalue weighted by atomic mass is 10.1. The Morgan fingerprint density at radius 3 is 2.86 bits per heavy atom. The molecule has 1 aliphatic heterocycles. The van der Waals surface area contributed by atoms with Gasteiger partial charge in [-0.2, -0.15) is 0 Å². The van der Waals surface area contributed by atoms with E-state index >= 15 is 0 Å². The van der Waals surface area contributed by atoms with E-state index in [-0.39, 0.29) is 6.10 Å². The van der Waals surface area contributed by atoms with Crippen LogP contribution in [0.15, 0.2) is 41.4 Å². The normalized spacial score (nSPS) is 16.7. The molecule has 3 rings (SSSR count). The van der Waals surface area contributed by atoms with Gasteiger partial charge in [-0.05, 0) is 30.2 Å². The molecule has 1 saturated heterocycles. The maximum atomic E-state index is 5.80. The second-order valence-electron chi connectivity index (χ2n) is 4.67. The SMILES string of the molecule is Clc1ccc(SCCc2ccccc2OCC2CO2)nn1. The molecule has 0 N–H and O–H groups in total. The lowest BCUT2D eigenvalue weighted by Gasteiger charge is -2.10. The van der Waals surface area contributed by atoms with Gasteiger partial charge in [-0.25, -0.2) is 0 Å². The summed E-state index contributed by atoms with van der Waals surface area (Å²) in [5, 5.41) is 9.16. The van der Waals surface area contributed by atoms with Crippen molar-refractivity contribution in [2.24, 2.45) is 0 Å². The van der Waals surface area contributed by atoms with Crippen LogP contribution in [-0.2, 0) is 11.2 Å². The average Bonchev–Trinajstić information content (AvgIpc) is 3.33. The number of para-hydroxylation sites is 1. The molecule has 1 fully saturated rings. The van der Waals surface area contributed by atoms with Gasteiger partial charge >= 0.3 is 0 Å². The molecule has 1 aromatic heterocycles. The molecule has 6 heteroatoms. The highest BCUT2D eigenvalue weighted by Gasteiger charge is 2.23. The summed E-state index contributed by atoms with van der Waals surface area (Å²) >= 11 is 7.38. The Balaban J connectivity index is 1.52. The highest BCUT2D eigenvalue weighted by Crippen LogP contribution is 2.23. The molecule has 0 saturated carbocycles. The van der Waals surface area contributed by atoms with Gasteiger partial charge in [0.1, 0.15) is 23.5 Å². The van der Waals surface area contributed by atoms with E-state index in [4.69, 9.17) is 21.1 Å². The number of aromatic nitrogens is 2. The van der Waals surface area contributed by atoms with Crippen molar-refractivity contribution in [1.82, 2.24) is 10.2 Å². The zero-order chi connectivity index (χ0) is 14.5. The van der Waals surface area contributed by atoms with Crippen LogP contribution < -0.4 is 4.74 Å². The molecule has 1 unspecified atom stereocenters. The van der Waals surface area contributed by atoms with Crippen LogP contribution in [0.25, 0.3) is 0 Å². The van der Waals surface area contributed by atoms with Crippen molar-refractivity contribution >= 4 is 23.4 Å². The second-order valence-corrected chi connectivity index (χ2v) is 6.17. The van der Waals surface area contributed by atoms with E-state index in [2.05, 4.69) is 16.3 Å². The number of halogens is 1. The average molecular weight is 323 g/mol. The van der Waals surface area contributed by atoms with Gasteiger partial charge in [-0.1, -0.05) is 29.8 Å². The topological polar surface area (TPSA) is 47.5 Å². The van der Waals surface area contributed by atoms with Crippen LogP contribution in [0.3, 0.4) is 0 Å². The van der Waals surface area contributed by atoms with E-state index in [0.29, 0.717) is 11.8 Å². The first-order valence-corrected chi connectivity index (χ1v) is 8.12. The lowest BCUT2D eigenvalue weighted by molar-refractivity contribution is 0.261. The fourth-order valence-electron chi connectivity index (χ4n) is 1.84. The lowest BCUT2D eigenvalue weighted by Crippen LogP contribution is -2.06. The summed E-state index contributed by atoms with van der Waals surface area (Å²) in [5.74, 6) is 1.85. The van der Waals surface area contributed by atoms with E-state index in [9.17, 15) is 0 Å². The third-order valence-corrected chi connectivity index (χ3v) is 4.15. The van der Waals surface area contributed by atoms with Gasteiger partial charge in [0, 0.05) is 5.75 Å². The largest absolute Gasteiger partial charge is 0.491 e. The Labute approximate surface area is 132 Å². The highest BCUT2D eigenvalue weighted by molar-refractivity contribution is 7.99. The summed E-state index contributed by atoms with van der Waals surface area (Å²) in [5.41, 5.74) is 1.20. The minimum atomic E-state index is 0.275. The molecule has 0 amide bonds. The minimum Gasteiger partial charge on any atom is -0.491 e. The van der Waals surface area contributed by atoms with Crippen LogP contribution in [-0.4, -0.2) is 35.3 Å². The predicted molar refractivity (Wildman–Crippen MR) is 83.1 cm³/mol. The van der Waals surface area contributed by atoms with Crippen LogP contribution >= 0.6 is 23.4 Å². The van der Waals surface area contributed by atoms with Crippen LogP contribution in [0.2, 0.25) is 5.15 Å². The van der Waals surface area contributed by atoms with Crippen LogP contribution in [0.1, 0.15) is 5.56 Å². The monoisotopic (exact) mass is 322 g/mol. The Morgan fingerprint density at radius 1 is 1.24 bits per heavy atom. The highest BCUT2D eigenvalue weighted by atomic mass is 35.5. The van der Waals surface area contributed by atoms with Crippen molar-refractivity contribution in [2.45, 2.75) is 17.6 Å². The van der Waals surface area contributed by atoms with E-state index in [1.54, 1.807) is 17.8 Å². The van der Waals surface area contributed by atoms with Gasteiger partial charge in [-0.15, -0.1) is 22.0 Å². The second kappa shape index (κ2) is 7.11. The molecule has 0 spiro atoms. The Morgan fingerprint density at radius 2 is 2.10 bits per heavy atom. The zero-order valence-electron chi connectivity index (χ0n) is 11.4. The van der Waals surface area contributed by atoms with E-state index in [0.717, 1.165) is 29.6 Å². The number of nitrogens with zero attached hydrogens (tertiary/aromatic N) is 2. The van der Waals surface area contributed by atoms with Crippen LogP contribution in [0, 0.1) is 0 Å². The van der Waals surface area contributed by atoms with Crippen molar-refractivity contribution in [1.29, 1.82) is 0 Å². The third-order valence-electron chi connectivity index (χ3n) is 3.03. The Hall–Kier alpha value is -1.30. The molecule has 0 bridgehead atoms. The molecule has 1 atom stereocenters. The number of aryl methyl sites for hydroxylation is 1. The molecule has 4 nitrogen and oxygen atoms in total. The zero-order valence-corrected chi connectivity index (χ0v) is 12.9. The van der Waals surface area contributed by atoms with Gasteiger partial charge in [0.15, 0.2) is 5.15 Å². The molecule has 1 aromatic carbocycles. The number of hydrogen-bond donors (Lipinski definition) is 0. The maximum Gasteiger partial charge on any atom is 0.151 e. The molecule has 2 heterocycles. The standard InChI is InChI=1S/C15H15ClN2O2S/c16-14-5-6-15(18-17-14)21-8-7-11-3-1-2-4-13(11)20-10-12-9-19-12/h1-6,12H,7-10H2. The fourth-order valence-corrected chi connectivity index (χ4v) is 2.74. The smallest absolute Gasteiger partial charge is 0.151 e. The molecule has 110 valence electrons. The van der Waals surface area contributed by atoms with E-state index < -0.39 is 0 Å². The van der Waals surface area contributed by atoms with Crippen LogP contribution in [0.4, 0.5) is 0 Å². The quantitative estimate of drug-likeness (QED) is 0.578. The van der Waals surface area contributed by atoms with E-state index in [1.807, 2.05) is 24.3 Å². The first-order chi connectivity index (χ1) is 10.3. The number of thioether (sulfide) groups is 1. The van der Waals surface area contributed by atoms with Crippen molar-refractivity contribution in [3.8, 4) is 5.75 Å². The summed E-state index contributed by atoms with van der Waals surface area (Å²) in [4.78, 5) is 0. The fraction of sp³-hybridized carbons (Fsp3) is 0.333.